The fourth-order valence-corrected chi connectivity index (χ4v) is 2.77. The number of pyridine rings is 1. The second kappa shape index (κ2) is 6.24. The van der Waals surface area contributed by atoms with E-state index in [0.717, 1.165) is 5.69 Å². The van der Waals surface area contributed by atoms with Crippen LogP contribution in [0.5, 0.6) is 0 Å². The first-order chi connectivity index (χ1) is 9.91. The van der Waals surface area contributed by atoms with Gasteiger partial charge in [-0.2, -0.15) is 0 Å². The van der Waals surface area contributed by atoms with E-state index in [1.165, 1.54) is 0 Å². The van der Waals surface area contributed by atoms with Crippen molar-refractivity contribution >= 4 is 11.8 Å². The van der Waals surface area contributed by atoms with Crippen LogP contribution >= 0.6 is 0 Å². The van der Waals surface area contributed by atoms with Gasteiger partial charge >= 0.3 is 0 Å². The molecule has 1 N–H and O–H groups in total. The van der Waals surface area contributed by atoms with Gasteiger partial charge in [-0.3, -0.25) is 14.6 Å². The lowest BCUT2D eigenvalue weighted by atomic mass is 9.97. The Hall–Kier alpha value is -1.91. The molecule has 1 aromatic rings. The highest BCUT2D eigenvalue weighted by molar-refractivity contribution is 5.96. The molecule has 1 aliphatic heterocycles. The van der Waals surface area contributed by atoms with Gasteiger partial charge in [-0.15, -0.1) is 0 Å². The zero-order valence-electron chi connectivity index (χ0n) is 13.0. The zero-order valence-corrected chi connectivity index (χ0v) is 13.0. The molecule has 2 amide bonds. The maximum Gasteiger partial charge on any atom is 0.246 e. The zero-order chi connectivity index (χ0) is 15.6. The standard InChI is InChI=1S/C16H23N3O2/c1-10(2)9-14-16(21)19(12(4)15(20)18-14)11(3)13-7-5-6-8-17-13/h5-8,10-12,14H,9H2,1-4H3,(H,18,20). The van der Waals surface area contributed by atoms with Gasteiger partial charge in [0.15, 0.2) is 0 Å². The first-order valence-corrected chi connectivity index (χ1v) is 7.45. The van der Waals surface area contributed by atoms with E-state index >= 15 is 0 Å². The smallest absolute Gasteiger partial charge is 0.246 e. The molecule has 5 nitrogen and oxygen atoms in total. The molecule has 3 atom stereocenters. The van der Waals surface area contributed by atoms with Gasteiger partial charge in [0, 0.05) is 6.20 Å². The highest BCUT2D eigenvalue weighted by Gasteiger charge is 2.41. The molecule has 1 aromatic heterocycles. The number of nitrogens with one attached hydrogen (secondary N) is 1. The molecule has 2 heterocycles. The van der Waals surface area contributed by atoms with E-state index in [1.54, 1.807) is 18.0 Å². The third-order valence-corrected chi connectivity index (χ3v) is 3.91. The normalized spacial score (nSPS) is 24.1. The lowest BCUT2D eigenvalue weighted by Crippen LogP contribution is -2.63. The molecule has 3 unspecified atom stereocenters. The van der Waals surface area contributed by atoms with Gasteiger partial charge in [-0.25, -0.2) is 0 Å². The van der Waals surface area contributed by atoms with Crippen LogP contribution in [-0.2, 0) is 9.59 Å². The average molecular weight is 289 g/mol. The summed E-state index contributed by atoms with van der Waals surface area (Å²) in [5, 5.41) is 2.83. The van der Waals surface area contributed by atoms with E-state index in [0.29, 0.717) is 12.3 Å². The van der Waals surface area contributed by atoms with Crippen LogP contribution in [0.1, 0.15) is 45.9 Å². The highest BCUT2D eigenvalue weighted by atomic mass is 16.2. The van der Waals surface area contributed by atoms with E-state index in [2.05, 4.69) is 10.3 Å². The fourth-order valence-electron chi connectivity index (χ4n) is 2.77. The Morgan fingerprint density at radius 1 is 1.29 bits per heavy atom. The van der Waals surface area contributed by atoms with Crippen molar-refractivity contribution in [3.8, 4) is 0 Å². The van der Waals surface area contributed by atoms with E-state index in [-0.39, 0.29) is 17.9 Å². The van der Waals surface area contributed by atoms with Crippen LogP contribution in [0.25, 0.3) is 0 Å². The van der Waals surface area contributed by atoms with Crippen molar-refractivity contribution in [2.45, 2.75) is 52.2 Å². The summed E-state index contributed by atoms with van der Waals surface area (Å²) in [6.07, 6.45) is 2.36. The second-order valence-electron chi connectivity index (χ2n) is 6.04. The summed E-state index contributed by atoms with van der Waals surface area (Å²) in [5.41, 5.74) is 0.802. The number of piperazine rings is 1. The molecule has 1 saturated heterocycles. The van der Waals surface area contributed by atoms with Gasteiger partial charge in [0.2, 0.25) is 11.8 Å². The Kier molecular flexibility index (Phi) is 4.60. The topological polar surface area (TPSA) is 62.3 Å². The Bertz CT molecular complexity index is 516. The molecule has 114 valence electrons. The molecule has 21 heavy (non-hydrogen) atoms. The van der Waals surface area contributed by atoms with Crippen molar-refractivity contribution in [2.24, 2.45) is 5.92 Å². The van der Waals surface area contributed by atoms with Gasteiger partial charge in [-0.1, -0.05) is 19.9 Å². The lowest BCUT2D eigenvalue weighted by Gasteiger charge is -2.41. The van der Waals surface area contributed by atoms with Crippen molar-refractivity contribution in [3.63, 3.8) is 0 Å². The van der Waals surface area contributed by atoms with Crippen molar-refractivity contribution in [1.29, 1.82) is 0 Å². The predicted octanol–water partition coefficient (Wildman–Crippen LogP) is 1.90. The first kappa shape index (κ1) is 15.5. The Morgan fingerprint density at radius 3 is 2.57 bits per heavy atom. The van der Waals surface area contributed by atoms with Crippen LogP contribution in [0, 0.1) is 5.92 Å². The van der Waals surface area contributed by atoms with Gasteiger partial charge in [0.25, 0.3) is 0 Å². The summed E-state index contributed by atoms with van der Waals surface area (Å²) in [7, 11) is 0. The van der Waals surface area contributed by atoms with E-state index < -0.39 is 12.1 Å². The highest BCUT2D eigenvalue weighted by Crippen LogP contribution is 2.25. The van der Waals surface area contributed by atoms with Crippen LogP contribution in [0.3, 0.4) is 0 Å². The number of carbonyl (C=O) groups excluding carboxylic acids is 2. The molecule has 0 saturated carbocycles. The minimum atomic E-state index is -0.474. The minimum absolute atomic E-state index is 0.0195. The van der Waals surface area contributed by atoms with Crippen molar-refractivity contribution in [1.82, 2.24) is 15.2 Å². The Balaban J connectivity index is 2.26. The number of amides is 2. The molecule has 0 spiro atoms. The van der Waals surface area contributed by atoms with Crippen LogP contribution in [0.2, 0.25) is 0 Å². The van der Waals surface area contributed by atoms with Gasteiger partial charge < -0.3 is 10.2 Å². The van der Waals surface area contributed by atoms with E-state index in [4.69, 9.17) is 0 Å². The van der Waals surface area contributed by atoms with Crippen LogP contribution in [0.15, 0.2) is 24.4 Å². The maximum absolute atomic E-state index is 12.7. The molecule has 2 rings (SSSR count). The Labute approximate surface area is 125 Å². The number of nitrogens with zero attached hydrogens (tertiary/aromatic N) is 2. The molecule has 0 radical (unpaired) electrons. The molecule has 0 bridgehead atoms. The lowest BCUT2D eigenvalue weighted by molar-refractivity contribution is -0.151. The van der Waals surface area contributed by atoms with Crippen molar-refractivity contribution in [2.75, 3.05) is 0 Å². The SMILES string of the molecule is CC(C)CC1NC(=O)C(C)N(C(C)c2ccccn2)C1=O. The van der Waals surface area contributed by atoms with Crippen molar-refractivity contribution in [3.05, 3.63) is 30.1 Å². The number of hydrogen-bond acceptors (Lipinski definition) is 3. The summed E-state index contributed by atoms with van der Waals surface area (Å²) in [6, 6.07) is 4.50. The molecule has 1 fully saturated rings. The quantitative estimate of drug-likeness (QED) is 0.921. The van der Waals surface area contributed by atoms with Gasteiger partial charge in [-0.05, 0) is 38.3 Å². The second-order valence-corrected chi connectivity index (χ2v) is 6.04. The summed E-state index contributed by atoms with van der Waals surface area (Å²) < 4.78 is 0. The first-order valence-electron chi connectivity index (χ1n) is 7.45. The number of aromatic nitrogens is 1. The van der Waals surface area contributed by atoms with Crippen molar-refractivity contribution < 1.29 is 9.59 Å². The summed E-state index contributed by atoms with van der Waals surface area (Å²) in [5.74, 6) is 0.233. The van der Waals surface area contributed by atoms with Crippen LogP contribution < -0.4 is 5.32 Å². The number of hydrogen-bond donors (Lipinski definition) is 1. The number of carbonyl (C=O) groups is 2. The van der Waals surface area contributed by atoms with Gasteiger partial charge in [0.05, 0.1) is 11.7 Å². The Morgan fingerprint density at radius 2 is 2.00 bits per heavy atom. The number of rotatable bonds is 4. The largest absolute Gasteiger partial charge is 0.343 e. The minimum Gasteiger partial charge on any atom is -0.343 e. The predicted molar refractivity (Wildman–Crippen MR) is 80.3 cm³/mol. The third-order valence-electron chi connectivity index (χ3n) is 3.91. The summed E-state index contributed by atoms with van der Waals surface area (Å²) >= 11 is 0. The molecule has 0 aromatic carbocycles. The molecular formula is C16H23N3O2. The average Bonchev–Trinajstić information content (AvgIpc) is 2.45. The summed E-state index contributed by atoms with van der Waals surface area (Å²) in [4.78, 5) is 30.8. The molecule has 0 aliphatic carbocycles. The van der Waals surface area contributed by atoms with Gasteiger partial charge in [0.1, 0.15) is 12.1 Å². The third kappa shape index (κ3) is 3.23. The fraction of sp³-hybridized carbons (Fsp3) is 0.562. The molecular weight excluding hydrogens is 266 g/mol. The van der Waals surface area contributed by atoms with Crippen LogP contribution in [-0.4, -0.2) is 33.8 Å². The summed E-state index contributed by atoms with van der Waals surface area (Å²) in [6.45, 7) is 7.77. The van der Waals surface area contributed by atoms with Crippen LogP contribution in [0.4, 0.5) is 0 Å². The van der Waals surface area contributed by atoms with E-state index in [1.807, 2.05) is 39.0 Å². The monoisotopic (exact) mass is 289 g/mol. The molecule has 5 heteroatoms. The molecule has 1 aliphatic rings. The van der Waals surface area contributed by atoms with E-state index in [9.17, 15) is 9.59 Å². The maximum atomic E-state index is 12.7.